The smallest absolute Gasteiger partial charge is 0.223 e. The molecule has 120 valence electrons. The highest BCUT2D eigenvalue weighted by molar-refractivity contribution is 5.78. The number of amides is 1. The second kappa shape index (κ2) is 6.69. The van der Waals surface area contributed by atoms with E-state index in [-0.39, 0.29) is 17.9 Å². The molecule has 3 rings (SSSR count). The number of methoxy groups -OCH3 is 1. The molecule has 0 spiro atoms. The van der Waals surface area contributed by atoms with Crippen LogP contribution in [0.25, 0.3) is 0 Å². The summed E-state index contributed by atoms with van der Waals surface area (Å²) in [6.07, 6.45) is 4.43. The Morgan fingerprint density at radius 1 is 1.32 bits per heavy atom. The predicted molar refractivity (Wildman–Crippen MR) is 84.7 cm³/mol. The number of hydrogen-bond donors (Lipinski definition) is 1. The molecule has 0 unspecified atom stereocenters. The summed E-state index contributed by atoms with van der Waals surface area (Å²) in [7, 11) is 1.66. The highest BCUT2D eigenvalue weighted by atomic mass is 16.5. The van der Waals surface area contributed by atoms with Gasteiger partial charge in [-0.1, -0.05) is 25.0 Å². The highest BCUT2D eigenvalue weighted by Gasteiger charge is 2.36. The van der Waals surface area contributed by atoms with E-state index in [0.717, 1.165) is 25.1 Å². The standard InChI is InChI=1S/C18H25NO3/c1-22-16-6-4-13(5-7-16)8-9-19-12-15(11-18(19)21)17(20)10-14-2-3-14/h4-7,14-15,17,20H,2-3,8-12H2,1H3/t15-,17-/m1/s1. The fourth-order valence-electron chi connectivity index (χ4n) is 3.22. The number of aliphatic hydroxyl groups excluding tert-OH is 1. The molecule has 1 heterocycles. The molecule has 1 saturated carbocycles. The molecule has 0 aromatic heterocycles. The van der Waals surface area contributed by atoms with Crippen molar-refractivity contribution in [2.75, 3.05) is 20.2 Å². The summed E-state index contributed by atoms with van der Waals surface area (Å²) in [4.78, 5) is 14.0. The van der Waals surface area contributed by atoms with Crippen molar-refractivity contribution >= 4 is 5.91 Å². The first kappa shape index (κ1) is 15.3. The van der Waals surface area contributed by atoms with Gasteiger partial charge in [-0.25, -0.2) is 0 Å². The van der Waals surface area contributed by atoms with Gasteiger partial charge in [0.1, 0.15) is 5.75 Å². The van der Waals surface area contributed by atoms with E-state index in [2.05, 4.69) is 0 Å². The van der Waals surface area contributed by atoms with Crippen LogP contribution in [0.15, 0.2) is 24.3 Å². The number of nitrogens with zero attached hydrogens (tertiary/aromatic N) is 1. The lowest BCUT2D eigenvalue weighted by Crippen LogP contribution is -2.29. The number of rotatable bonds is 7. The fraction of sp³-hybridized carbons (Fsp3) is 0.611. The van der Waals surface area contributed by atoms with Crippen molar-refractivity contribution in [3.63, 3.8) is 0 Å². The van der Waals surface area contributed by atoms with Crippen molar-refractivity contribution in [3.05, 3.63) is 29.8 Å². The molecule has 1 aromatic rings. The molecule has 4 nitrogen and oxygen atoms in total. The van der Waals surface area contributed by atoms with Gasteiger partial charge in [0.05, 0.1) is 13.2 Å². The van der Waals surface area contributed by atoms with Crippen molar-refractivity contribution in [1.29, 1.82) is 0 Å². The third kappa shape index (κ3) is 3.80. The van der Waals surface area contributed by atoms with Crippen LogP contribution in [0.4, 0.5) is 0 Å². The first-order chi connectivity index (χ1) is 10.7. The lowest BCUT2D eigenvalue weighted by Gasteiger charge is -2.19. The zero-order chi connectivity index (χ0) is 15.5. The highest BCUT2D eigenvalue weighted by Crippen LogP contribution is 2.36. The molecule has 2 aliphatic rings. The van der Waals surface area contributed by atoms with Crippen LogP contribution in [0.1, 0.15) is 31.2 Å². The van der Waals surface area contributed by atoms with Gasteiger partial charge in [-0.2, -0.15) is 0 Å². The van der Waals surface area contributed by atoms with E-state index < -0.39 is 0 Å². The number of hydrogen-bond acceptors (Lipinski definition) is 3. The van der Waals surface area contributed by atoms with Crippen molar-refractivity contribution < 1.29 is 14.6 Å². The summed E-state index contributed by atoms with van der Waals surface area (Å²) in [5.74, 6) is 1.88. The SMILES string of the molecule is COc1ccc(CCN2C[C@H]([C@H](O)CC3CC3)CC2=O)cc1. The molecule has 0 radical (unpaired) electrons. The number of aliphatic hydroxyl groups is 1. The Hall–Kier alpha value is -1.55. The molecule has 4 heteroatoms. The number of carbonyl (C=O) groups excluding carboxylic acids is 1. The second-order valence-electron chi connectivity index (χ2n) is 6.65. The van der Waals surface area contributed by atoms with E-state index in [9.17, 15) is 9.90 Å². The normalized spacial score (nSPS) is 22.9. The van der Waals surface area contributed by atoms with Crippen molar-refractivity contribution in [2.45, 2.75) is 38.2 Å². The van der Waals surface area contributed by atoms with Crippen LogP contribution in [0.3, 0.4) is 0 Å². The van der Waals surface area contributed by atoms with Gasteiger partial charge in [0.15, 0.2) is 0 Å². The molecule has 0 bridgehead atoms. The fourth-order valence-corrected chi connectivity index (χ4v) is 3.22. The average Bonchev–Trinajstić information content (AvgIpc) is 3.26. The number of likely N-dealkylation sites (tertiary alicyclic amines) is 1. The zero-order valence-corrected chi connectivity index (χ0v) is 13.2. The summed E-state index contributed by atoms with van der Waals surface area (Å²) < 4.78 is 5.15. The van der Waals surface area contributed by atoms with E-state index in [0.29, 0.717) is 18.9 Å². The van der Waals surface area contributed by atoms with Crippen molar-refractivity contribution in [1.82, 2.24) is 4.90 Å². The van der Waals surface area contributed by atoms with E-state index >= 15 is 0 Å². The minimum Gasteiger partial charge on any atom is -0.497 e. The van der Waals surface area contributed by atoms with Gasteiger partial charge >= 0.3 is 0 Å². The van der Waals surface area contributed by atoms with Crippen LogP contribution in [-0.4, -0.2) is 42.2 Å². The molecule has 1 aliphatic heterocycles. The molecule has 1 aliphatic carbocycles. The summed E-state index contributed by atoms with van der Waals surface area (Å²) in [6, 6.07) is 7.98. The second-order valence-corrected chi connectivity index (χ2v) is 6.65. The van der Waals surface area contributed by atoms with E-state index in [1.54, 1.807) is 7.11 Å². The molecular weight excluding hydrogens is 278 g/mol. The third-order valence-electron chi connectivity index (χ3n) is 4.89. The van der Waals surface area contributed by atoms with E-state index in [1.165, 1.54) is 18.4 Å². The minimum absolute atomic E-state index is 0.129. The first-order valence-corrected chi connectivity index (χ1v) is 8.24. The van der Waals surface area contributed by atoms with Crippen LogP contribution in [0.2, 0.25) is 0 Å². The molecule has 1 N–H and O–H groups in total. The Balaban J connectivity index is 1.48. The molecule has 1 saturated heterocycles. The van der Waals surface area contributed by atoms with Crippen LogP contribution < -0.4 is 4.74 Å². The third-order valence-corrected chi connectivity index (χ3v) is 4.89. The molecule has 22 heavy (non-hydrogen) atoms. The predicted octanol–water partition coefficient (Wildman–Crippen LogP) is 2.25. The van der Waals surface area contributed by atoms with Gasteiger partial charge in [-0.05, 0) is 36.5 Å². The van der Waals surface area contributed by atoms with Crippen LogP contribution >= 0.6 is 0 Å². The van der Waals surface area contributed by atoms with Gasteiger partial charge in [0.25, 0.3) is 0 Å². The Bertz CT molecular complexity index is 510. The van der Waals surface area contributed by atoms with Gasteiger partial charge in [-0.3, -0.25) is 4.79 Å². The van der Waals surface area contributed by atoms with Crippen molar-refractivity contribution in [3.8, 4) is 5.75 Å². The van der Waals surface area contributed by atoms with E-state index in [4.69, 9.17) is 4.74 Å². The Labute approximate surface area is 132 Å². The quantitative estimate of drug-likeness (QED) is 0.840. The summed E-state index contributed by atoms with van der Waals surface area (Å²) in [5.41, 5.74) is 1.20. The van der Waals surface area contributed by atoms with Gasteiger partial charge in [0, 0.05) is 25.4 Å². The summed E-state index contributed by atoms with van der Waals surface area (Å²) in [6.45, 7) is 1.45. The molecule has 1 amide bonds. The lowest BCUT2D eigenvalue weighted by atomic mass is 9.97. The van der Waals surface area contributed by atoms with Crippen LogP contribution in [-0.2, 0) is 11.2 Å². The lowest BCUT2D eigenvalue weighted by molar-refractivity contribution is -0.127. The molecule has 2 fully saturated rings. The minimum atomic E-state index is -0.303. The van der Waals surface area contributed by atoms with Gasteiger partial charge < -0.3 is 14.7 Å². The Kier molecular flexibility index (Phi) is 4.67. The molecule has 1 aromatic carbocycles. The molecule has 2 atom stereocenters. The largest absolute Gasteiger partial charge is 0.497 e. The Morgan fingerprint density at radius 2 is 2.05 bits per heavy atom. The zero-order valence-electron chi connectivity index (χ0n) is 13.2. The Morgan fingerprint density at radius 3 is 2.68 bits per heavy atom. The summed E-state index contributed by atoms with van der Waals surface area (Å²) in [5, 5.41) is 10.2. The topological polar surface area (TPSA) is 49.8 Å². The first-order valence-electron chi connectivity index (χ1n) is 8.24. The van der Waals surface area contributed by atoms with Crippen LogP contribution in [0, 0.1) is 11.8 Å². The number of ether oxygens (including phenoxy) is 1. The van der Waals surface area contributed by atoms with Gasteiger partial charge in [-0.15, -0.1) is 0 Å². The van der Waals surface area contributed by atoms with E-state index in [1.807, 2.05) is 29.2 Å². The maximum Gasteiger partial charge on any atom is 0.223 e. The number of benzene rings is 1. The summed E-state index contributed by atoms with van der Waals surface area (Å²) >= 11 is 0. The molecular formula is C18H25NO3. The average molecular weight is 303 g/mol. The van der Waals surface area contributed by atoms with Gasteiger partial charge in [0.2, 0.25) is 5.91 Å². The maximum atomic E-state index is 12.1. The van der Waals surface area contributed by atoms with Crippen LogP contribution in [0.5, 0.6) is 5.75 Å². The number of carbonyl (C=O) groups is 1. The maximum absolute atomic E-state index is 12.1. The monoisotopic (exact) mass is 303 g/mol. The van der Waals surface area contributed by atoms with Crippen molar-refractivity contribution in [2.24, 2.45) is 11.8 Å².